The molecular weight excluding hydrogens is 226 g/mol. The molecule has 2 rings (SSSR count). The highest BCUT2D eigenvalue weighted by Crippen LogP contribution is 2.24. The van der Waals surface area contributed by atoms with E-state index in [4.69, 9.17) is 4.74 Å². The minimum atomic E-state index is 0.784. The molecule has 0 aliphatic carbocycles. The number of nitrogens with zero attached hydrogens (tertiary/aromatic N) is 1. The van der Waals surface area contributed by atoms with E-state index in [1.807, 2.05) is 36.4 Å². The molecule has 1 aromatic heterocycles. The first kappa shape index (κ1) is 12.0. The molecule has 0 N–H and O–H groups in total. The molecule has 3 heteroatoms. The normalized spacial score (nSPS) is 11.1. The molecule has 0 aliphatic rings. The minimum absolute atomic E-state index is 0.784. The Labute approximate surface area is 106 Å². The lowest BCUT2D eigenvalue weighted by Crippen LogP contribution is -1.90. The van der Waals surface area contributed by atoms with Gasteiger partial charge < -0.3 is 4.74 Å². The number of hydrogen-bond acceptors (Lipinski definition) is 3. The Kier molecular flexibility index (Phi) is 3.86. The van der Waals surface area contributed by atoms with E-state index in [0.29, 0.717) is 0 Å². The van der Waals surface area contributed by atoms with E-state index in [9.17, 15) is 4.79 Å². The molecule has 0 aliphatic heterocycles. The number of carbonyl (C=O) groups excluding carboxylic acids is 1. The molecule has 2 aromatic rings. The van der Waals surface area contributed by atoms with Gasteiger partial charge in [-0.1, -0.05) is 18.2 Å². The molecule has 18 heavy (non-hydrogen) atoms. The molecule has 0 saturated carbocycles. The van der Waals surface area contributed by atoms with Crippen LogP contribution >= 0.6 is 0 Å². The summed E-state index contributed by atoms with van der Waals surface area (Å²) >= 11 is 0. The predicted molar refractivity (Wildman–Crippen MR) is 70.4 cm³/mol. The maximum absolute atomic E-state index is 10.8. The standard InChI is InChI=1S/C15H13NO2/c1-18-14-6-4-12(5-7-14)15(8-10-17)13-3-2-9-16-11-13/h2-11H,1H3/b15-8-. The Balaban J connectivity index is 2.42. The largest absolute Gasteiger partial charge is 0.497 e. The SMILES string of the molecule is COc1ccc(/C(=C/C=O)c2cccnc2)cc1. The number of allylic oxidation sites excluding steroid dienone is 1. The Morgan fingerprint density at radius 1 is 1.17 bits per heavy atom. The van der Waals surface area contributed by atoms with E-state index in [-0.39, 0.29) is 0 Å². The van der Waals surface area contributed by atoms with E-state index >= 15 is 0 Å². The van der Waals surface area contributed by atoms with Crippen molar-refractivity contribution in [1.29, 1.82) is 0 Å². The van der Waals surface area contributed by atoms with Crippen molar-refractivity contribution in [3.05, 3.63) is 66.0 Å². The van der Waals surface area contributed by atoms with Gasteiger partial charge in [0, 0.05) is 18.0 Å². The third-order valence-electron chi connectivity index (χ3n) is 2.61. The van der Waals surface area contributed by atoms with E-state index in [1.54, 1.807) is 25.6 Å². The summed E-state index contributed by atoms with van der Waals surface area (Å²) in [6.07, 6.45) is 5.76. The van der Waals surface area contributed by atoms with Crippen LogP contribution in [0, 0.1) is 0 Å². The topological polar surface area (TPSA) is 39.2 Å². The lowest BCUT2D eigenvalue weighted by atomic mass is 9.99. The molecule has 0 fully saturated rings. The van der Waals surface area contributed by atoms with Gasteiger partial charge in [-0.05, 0) is 35.4 Å². The van der Waals surface area contributed by atoms with Gasteiger partial charge >= 0.3 is 0 Å². The van der Waals surface area contributed by atoms with Crippen LogP contribution in [0.4, 0.5) is 0 Å². The zero-order chi connectivity index (χ0) is 12.8. The number of hydrogen-bond donors (Lipinski definition) is 0. The van der Waals surface area contributed by atoms with Gasteiger partial charge in [0.2, 0.25) is 0 Å². The molecule has 3 nitrogen and oxygen atoms in total. The second-order valence-corrected chi connectivity index (χ2v) is 3.69. The highest BCUT2D eigenvalue weighted by Gasteiger charge is 2.04. The van der Waals surface area contributed by atoms with Crippen molar-refractivity contribution in [1.82, 2.24) is 4.98 Å². The molecular formula is C15H13NO2. The van der Waals surface area contributed by atoms with Gasteiger partial charge in [-0.25, -0.2) is 0 Å². The lowest BCUT2D eigenvalue weighted by Gasteiger charge is -2.07. The van der Waals surface area contributed by atoms with Crippen LogP contribution in [0.25, 0.3) is 5.57 Å². The van der Waals surface area contributed by atoms with Crippen LogP contribution in [0.1, 0.15) is 11.1 Å². The summed E-state index contributed by atoms with van der Waals surface area (Å²) in [6.45, 7) is 0. The third kappa shape index (κ3) is 2.63. The number of aromatic nitrogens is 1. The van der Waals surface area contributed by atoms with Gasteiger partial charge in [0.25, 0.3) is 0 Å². The maximum Gasteiger partial charge on any atom is 0.143 e. The number of aldehydes is 1. The Morgan fingerprint density at radius 3 is 2.50 bits per heavy atom. The molecule has 0 spiro atoms. The van der Waals surface area contributed by atoms with Crippen molar-refractivity contribution in [3.8, 4) is 5.75 Å². The minimum Gasteiger partial charge on any atom is -0.497 e. The number of benzene rings is 1. The zero-order valence-electron chi connectivity index (χ0n) is 10.0. The first-order valence-corrected chi connectivity index (χ1v) is 5.55. The van der Waals surface area contributed by atoms with Crippen LogP contribution in [0.3, 0.4) is 0 Å². The number of carbonyl (C=O) groups is 1. The van der Waals surface area contributed by atoms with Gasteiger partial charge in [0.05, 0.1) is 7.11 Å². The molecule has 0 radical (unpaired) electrons. The summed E-state index contributed by atoms with van der Waals surface area (Å²) in [5, 5.41) is 0. The fourth-order valence-corrected chi connectivity index (χ4v) is 1.72. The van der Waals surface area contributed by atoms with E-state index < -0.39 is 0 Å². The van der Waals surface area contributed by atoms with Crippen LogP contribution in [0.2, 0.25) is 0 Å². The summed E-state index contributed by atoms with van der Waals surface area (Å²) in [7, 11) is 1.62. The smallest absolute Gasteiger partial charge is 0.143 e. The first-order chi connectivity index (χ1) is 8.85. The highest BCUT2D eigenvalue weighted by molar-refractivity contribution is 5.89. The maximum atomic E-state index is 10.8. The monoisotopic (exact) mass is 239 g/mol. The molecule has 90 valence electrons. The molecule has 1 heterocycles. The van der Waals surface area contributed by atoms with Crippen LogP contribution < -0.4 is 4.74 Å². The van der Waals surface area contributed by atoms with Crippen molar-refractivity contribution in [2.45, 2.75) is 0 Å². The average molecular weight is 239 g/mol. The molecule has 0 unspecified atom stereocenters. The molecule has 1 aromatic carbocycles. The zero-order valence-corrected chi connectivity index (χ0v) is 10.0. The van der Waals surface area contributed by atoms with E-state index in [2.05, 4.69) is 4.98 Å². The quantitative estimate of drug-likeness (QED) is 0.608. The van der Waals surface area contributed by atoms with Crippen molar-refractivity contribution in [2.24, 2.45) is 0 Å². The second kappa shape index (κ2) is 5.77. The second-order valence-electron chi connectivity index (χ2n) is 3.69. The van der Waals surface area contributed by atoms with Gasteiger partial charge in [-0.3, -0.25) is 9.78 Å². The molecule has 0 saturated heterocycles. The number of methoxy groups -OCH3 is 1. The van der Waals surface area contributed by atoms with Crippen LogP contribution in [-0.4, -0.2) is 18.4 Å². The van der Waals surface area contributed by atoms with Crippen molar-refractivity contribution in [2.75, 3.05) is 7.11 Å². The summed E-state index contributed by atoms with van der Waals surface area (Å²) in [6, 6.07) is 11.3. The molecule has 0 amide bonds. The number of rotatable bonds is 4. The van der Waals surface area contributed by atoms with E-state index in [1.165, 1.54) is 0 Å². The van der Waals surface area contributed by atoms with Crippen LogP contribution in [0.5, 0.6) is 5.75 Å². The average Bonchev–Trinajstić information content (AvgIpc) is 2.46. The summed E-state index contributed by atoms with van der Waals surface area (Å²) in [4.78, 5) is 14.8. The summed E-state index contributed by atoms with van der Waals surface area (Å²) in [5.41, 5.74) is 2.71. The molecule has 0 atom stereocenters. The van der Waals surface area contributed by atoms with E-state index in [0.717, 1.165) is 28.7 Å². The number of pyridine rings is 1. The Morgan fingerprint density at radius 2 is 1.94 bits per heavy atom. The summed E-state index contributed by atoms with van der Waals surface area (Å²) < 4.78 is 5.11. The Bertz CT molecular complexity index is 544. The first-order valence-electron chi connectivity index (χ1n) is 5.55. The van der Waals surface area contributed by atoms with Crippen molar-refractivity contribution >= 4 is 11.9 Å². The summed E-state index contributed by atoms with van der Waals surface area (Å²) in [5.74, 6) is 0.787. The Hall–Kier alpha value is -2.42. The predicted octanol–water partition coefficient (Wildman–Crippen LogP) is 2.72. The third-order valence-corrected chi connectivity index (χ3v) is 2.61. The van der Waals surface area contributed by atoms with Gasteiger partial charge in [-0.15, -0.1) is 0 Å². The highest BCUT2D eigenvalue weighted by atomic mass is 16.5. The van der Waals surface area contributed by atoms with Crippen LogP contribution in [-0.2, 0) is 4.79 Å². The van der Waals surface area contributed by atoms with Gasteiger partial charge in [0.15, 0.2) is 0 Å². The van der Waals surface area contributed by atoms with Gasteiger partial charge in [0.1, 0.15) is 12.0 Å². The molecule has 0 bridgehead atoms. The lowest BCUT2D eigenvalue weighted by molar-refractivity contribution is -0.104. The van der Waals surface area contributed by atoms with Crippen LogP contribution in [0.15, 0.2) is 54.9 Å². The fourth-order valence-electron chi connectivity index (χ4n) is 1.72. The fraction of sp³-hybridized carbons (Fsp3) is 0.0667. The number of ether oxygens (including phenoxy) is 1. The van der Waals surface area contributed by atoms with Gasteiger partial charge in [-0.2, -0.15) is 0 Å². The van der Waals surface area contributed by atoms with Crippen molar-refractivity contribution in [3.63, 3.8) is 0 Å². The van der Waals surface area contributed by atoms with Crippen molar-refractivity contribution < 1.29 is 9.53 Å².